The molecule has 0 spiro atoms. The number of nitrogens with one attached hydrogen (secondary N) is 1. The van der Waals surface area contributed by atoms with Crippen LogP contribution in [0.15, 0.2) is 67.1 Å². The van der Waals surface area contributed by atoms with Gasteiger partial charge in [-0.25, -0.2) is 4.98 Å². The molecule has 0 aliphatic carbocycles. The van der Waals surface area contributed by atoms with E-state index in [2.05, 4.69) is 33.5 Å². The van der Waals surface area contributed by atoms with Gasteiger partial charge < -0.3 is 11.1 Å². The number of pyridine rings is 2. The number of hydrogen-bond donors (Lipinski definition) is 2. The number of benzene rings is 1. The molecule has 0 atom stereocenters. The summed E-state index contributed by atoms with van der Waals surface area (Å²) in [6.45, 7) is 1.13. The van der Waals surface area contributed by atoms with E-state index in [-0.39, 0.29) is 0 Å². The number of anilines is 1. The number of aromatic nitrogens is 2. The number of rotatable bonds is 5. The van der Waals surface area contributed by atoms with E-state index in [1.165, 1.54) is 0 Å². The van der Waals surface area contributed by atoms with E-state index in [1.807, 2.05) is 42.7 Å². The van der Waals surface area contributed by atoms with Crippen LogP contribution in [0.4, 0.5) is 5.82 Å². The van der Waals surface area contributed by atoms with Crippen molar-refractivity contribution >= 4 is 5.82 Å². The van der Waals surface area contributed by atoms with Gasteiger partial charge >= 0.3 is 0 Å². The van der Waals surface area contributed by atoms with Crippen molar-refractivity contribution in [3.8, 4) is 11.1 Å². The highest BCUT2D eigenvalue weighted by Gasteiger charge is 2.06. The van der Waals surface area contributed by atoms with Gasteiger partial charge in [0.2, 0.25) is 0 Å². The molecule has 0 saturated carbocycles. The lowest BCUT2D eigenvalue weighted by Crippen LogP contribution is -2.08. The van der Waals surface area contributed by atoms with E-state index in [9.17, 15) is 0 Å². The Balaban J connectivity index is 1.80. The maximum Gasteiger partial charge on any atom is 0.130 e. The Morgan fingerprint density at radius 1 is 0.955 bits per heavy atom. The third-order valence-corrected chi connectivity index (χ3v) is 3.48. The predicted octanol–water partition coefficient (Wildman–Crippen LogP) is 3.21. The van der Waals surface area contributed by atoms with E-state index in [0.29, 0.717) is 13.1 Å². The first-order valence-electron chi connectivity index (χ1n) is 7.24. The molecule has 1 aromatic carbocycles. The van der Waals surface area contributed by atoms with Crippen LogP contribution in [0.5, 0.6) is 0 Å². The van der Waals surface area contributed by atoms with Crippen molar-refractivity contribution in [1.29, 1.82) is 0 Å². The smallest absolute Gasteiger partial charge is 0.130 e. The molecule has 4 heteroatoms. The second-order valence-corrected chi connectivity index (χ2v) is 5.02. The Bertz CT molecular complexity index is 727. The fourth-order valence-corrected chi connectivity index (χ4v) is 2.30. The third-order valence-electron chi connectivity index (χ3n) is 3.48. The minimum Gasteiger partial charge on any atom is -0.366 e. The van der Waals surface area contributed by atoms with Crippen LogP contribution in [0.25, 0.3) is 11.1 Å². The molecule has 0 unspecified atom stereocenters. The summed E-state index contributed by atoms with van der Waals surface area (Å²) in [5.74, 6) is 0.825. The van der Waals surface area contributed by atoms with E-state index in [1.54, 1.807) is 6.20 Å². The molecule has 110 valence electrons. The van der Waals surface area contributed by atoms with Crippen molar-refractivity contribution in [2.45, 2.75) is 13.1 Å². The number of nitrogens with two attached hydrogens (primary N) is 1. The van der Waals surface area contributed by atoms with Crippen molar-refractivity contribution in [3.05, 3.63) is 78.2 Å². The lowest BCUT2D eigenvalue weighted by atomic mass is 10.1. The van der Waals surface area contributed by atoms with E-state index < -0.39 is 0 Å². The van der Waals surface area contributed by atoms with Gasteiger partial charge in [-0.3, -0.25) is 4.98 Å². The molecule has 0 aliphatic heterocycles. The first kappa shape index (κ1) is 14.2. The van der Waals surface area contributed by atoms with Crippen molar-refractivity contribution in [2.24, 2.45) is 5.73 Å². The summed E-state index contributed by atoms with van der Waals surface area (Å²) in [4.78, 5) is 8.64. The van der Waals surface area contributed by atoms with Crippen LogP contribution in [-0.4, -0.2) is 9.97 Å². The molecule has 2 heterocycles. The summed E-state index contributed by atoms with van der Waals surface area (Å²) in [6.07, 6.45) is 5.48. The molecule has 0 fully saturated rings. The summed E-state index contributed by atoms with van der Waals surface area (Å²) in [7, 11) is 0. The fraction of sp³-hybridized carbons (Fsp3) is 0.111. The average molecular weight is 290 g/mol. The highest BCUT2D eigenvalue weighted by atomic mass is 15.0. The zero-order chi connectivity index (χ0) is 15.2. The number of nitrogens with zero attached hydrogens (tertiary/aromatic N) is 2. The average Bonchev–Trinajstić information content (AvgIpc) is 2.61. The van der Waals surface area contributed by atoms with Crippen molar-refractivity contribution in [2.75, 3.05) is 5.32 Å². The zero-order valence-corrected chi connectivity index (χ0v) is 12.2. The van der Waals surface area contributed by atoms with Gasteiger partial charge in [-0.15, -0.1) is 0 Å². The Kier molecular flexibility index (Phi) is 4.41. The Labute approximate surface area is 130 Å². The molecule has 4 nitrogen and oxygen atoms in total. The molecule has 0 aliphatic rings. The monoisotopic (exact) mass is 290 g/mol. The molecule has 3 N–H and O–H groups in total. The quantitative estimate of drug-likeness (QED) is 0.757. The SMILES string of the molecule is NCc1cc(-c2ccccc2)cnc1NCc1cccnc1. The summed E-state index contributed by atoms with van der Waals surface area (Å²) in [6, 6.07) is 16.2. The highest BCUT2D eigenvalue weighted by molar-refractivity contribution is 5.65. The maximum absolute atomic E-state index is 5.87. The molecule has 0 bridgehead atoms. The molecule has 0 saturated heterocycles. The maximum atomic E-state index is 5.87. The second-order valence-electron chi connectivity index (χ2n) is 5.02. The molecule has 2 aromatic heterocycles. The predicted molar refractivity (Wildman–Crippen MR) is 89.1 cm³/mol. The van der Waals surface area contributed by atoms with Crippen molar-refractivity contribution in [3.63, 3.8) is 0 Å². The molecule has 0 amide bonds. The number of hydrogen-bond acceptors (Lipinski definition) is 4. The van der Waals surface area contributed by atoms with Gasteiger partial charge in [0, 0.05) is 42.8 Å². The van der Waals surface area contributed by atoms with Crippen LogP contribution < -0.4 is 11.1 Å². The van der Waals surface area contributed by atoms with E-state index in [0.717, 1.165) is 28.1 Å². The van der Waals surface area contributed by atoms with Crippen molar-refractivity contribution in [1.82, 2.24) is 9.97 Å². The van der Waals surface area contributed by atoms with Crippen LogP contribution in [-0.2, 0) is 13.1 Å². The van der Waals surface area contributed by atoms with Crippen LogP contribution in [0.1, 0.15) is 11.1 Å². The van der Waals surface area contributed by atoms with Crippen LogP contribution >= 0.6 is 0 Å². The van der Waals surface area contributed by atoms with Gasteiger partial charge in [-0.05, 0) is 23.3 Å². The molecule has 3 rings (SSSR count). The Morgan fingerprint density at radius 2 is 1.82 bits per heavy atom. The lowest BCUT2D eigenvalue weighted by molar-refractivity contribution is 1.02. The highest BCUT2D eigenvalue weighted by Crippen LogP contribution is 2.23. The summed E-state index contributed by atoms with van der Waals surface area (Å²) in [5.41, 5.74) is 10.2. The zero-order valence-electron chi connectivity index (χ0n) is 12.2. The van der Waals surface area contributed by atoms with Crippen molar-refractivity contribution < 1.29 is 0 Å². The minimum absolute atomic E-state index is 0.447. The van der Waals surface area contributed by atoms with Gasteiger partial charge in [0.15, 0.2) is 0 Å². The normalized spacial score (nSPS) is 10.4. The molecule has 3 aromatic rings. The Hall–Kier alpha value is -2.72. The van der Waals surface area contributed by atoms with Gasteiger partial charge in [0.25, 0.3) is 0 Å². The largest absolute Gasteiger partial charge is 0.366 e. The first-order chi connectivity index (χ1) is 10.9. The van der Waals surface area contributed by atoms with E-state index >= 15 is 0 Å². The van der Waals surface area contributed by atoms with Crippen LogP contribution in [0, 0.1) is 0 Å². The van der Waals surface area contributed by atoms with Crippen LogP contribution in [0.3, 0.4) is 0 Å². The van der Waals surface area contributed by atoms with Gasteiger partial charge in [0.1, 0.15) is 5.82 Å². The molecular formula is C18H18N4. The van der Waals surface area contributed by atoms with E-state index in [4.69, 9.17) is 5.73 Å². The lowest BCUT2D eigenvalue weighted by Gasteiger charge is -2.12. The molecule has 22 heavy (non-hydrogen) atoms. The summed E-state index contributed by atoms with van der Waals surface area (Å²) < 4.78 is 0. The van der Waals surface area contributed by atoms with Crippen LogP contribution in [0.2, 0.25) is 0 Å². The first-order valence-corrected chi connectivity index (χ1v) is 7.24. The van der Waals surface area contributed by atoms with Gasteiger partial charge in [0.05, 0.1) is 0 Å². The third kappa shape index (κ3) is 3.30. The fourth-order valence-electron chi connectivity index (χ4n) is 2.30. The summed E-state index contributed by atoms with van der Waals surface area (Å²) >= 11 is 0. The summed E-state index contributed by atoms with van der Waals surface area (Å²) in [5, 5.41) is 3.33. The molecule has 0 radical (unpaired) electrons. The Morgan fingerprint density at radius 3 is 2.55 bits per heavy atom. The second kappa shape index (κ2) is 6.83. The standard InChI is InChI=1S/C18H18N4/c19-10-16-9-17(15-6-2-1-3-7-15)13-22-18(16)21-12-14-5-4-8-20-11-14/h1-9,11,13H,10,12,19H2,(H,21,22). The topological polar surface area (TPSA) is 63.8 Å². The van der Waals surface area contributed by atoms with Gasteiger partial charge in [-0.1, -0.05) is 36.4 Å². The van der Waals surface area contributed by atoms with Gasteiger partial charge in [-0.2, -0.15) is 0 Å². The molecular weight excluding hydrogens is 272 g/mol. The minimum atomic E-state index is 0.447.